The number of nitrogens with one attached hydrogen (secondary N) is 4. The van der Waals surface area contributed by atoms with Gasteiger partial charge in [-0.05, 0) is 87.9 Å². The van der Waals surface area contributed by atoms with E-state index in [0.717, 1.165) is 88.8 Å². The molecule has 11 nitrogen and oxygen atoms in total. The molecule has 11 heteroatoms. The maximum Gasteiger partial charge on any atom is 0.243 e. The maximum atomic E-state index is 14.2. The predicted molar refractivity (Wildman–Crippen MR) is 236 cm³/mol. The number of hydrogen-bond donors (Lipinski definition) is 4. The second kappa shape index (κ2) is 24.2. The summed E-state index contributed by atoms with van der Waals surface area (Å²) in [5.74, 6) is -1.26. The molecule has 4 rings (SSSR count). The third-order valence-corrected chi connectivity index (χ3v) is 11.9. The Kier molecular flexibility index (Phi) is 19.5. The second-order valence-electron chi connectivity index (χ2n) is 18.4. The first-order chi connectivity index (χ1) is 28.2. The van der Waals surface area contributed by atoms with E-state index in [-0.39, 0.29) is 29.9 Å². The normalized spacial score (nSPS) is 17.4. The number of benzene rings is 2. The van der Waals surface area contributed by atoms with Crippen LogP contribution in [-0.2, 0) is 36.8 Å². The van der Waals surface area contributed by atoms with Crippen molar-refractivity contribution in [2.75, 3.05) is 39.8 Å². The zero-order valence-corrected chi connectivity index (χ0v) is 36.9. The Morgan fingerprint density at radius 1 is 0.610 bits per heavy atom. The lowest BCUT2D eigenvalue weighted by Crippen LogP contribution is -2.58. The summed E-state index contributed by atoms with van der Waals surface area (Å²) >= 11 is 0. The van der Waals surface area contributed by atoms with Crippen molar-refractivity contribution in [3.63, 3.8) is 0 Å². The molecule has 0 aromatic heterocycles. The molecule has 1 aliphatic carbocycles. The minimum absolute atomic E-state index is 0.0367. The van der Waals surface area contributed by atoms with Crippen LogP contribution in [0.1, 0.15) is 116 Å². The Labute approximate surface area is 354 Å². The Hall–Kier alpha value is -4.09. The number of piperazine rings is 1. The van der Waals surface area contributed by atoms with Crippen molar-refractivity contribution in [3.8, 4) is 0 Å². The lowest BCUT2D eigenvalue weighted by atomic mass is 9.91. The smallest absolute Gasteiger partial charge is 0.243 e. The predicted octanol–water partition coefficient (Wildman–Crippen LogP) is 5.85. The van der Waals surface area contributed by atoms with Gasteiger partial charge >= 0.3 is 0 Å². The topological polar surface area (TPSA) is 140 Å². The molecule has 1 saturated heterocycles. The number of unbranched alkanes of at least 4 members (excludes halogenated alkanes) is 4. The van der Waals surface area contributed by atoms with E-state index in [4.69, 9.17) is 0 Å². The average Bonchev–Trinajstić information content (AvgIpc) is 3.97. The molecule has 1 saturated carbocycles. The summed E-state index contributed by atoms with van der Waals surface area (Å²) in [6.07, 6.45) is 9.02. The Balaban J connectivity index is 1.40. The van der Waals surface area contributed by atoms with Gasteiger partial charge in [0.05, 0.1) is 6.04 Å². The molecule has 4 atom stereocenters. The van der Waals surface area contributed by atoms with Crippen LogP contribution in [0.25, 0.3) is 0 Å². The first kappa shape index (κ1) is 47.6. The van der Waals surface area contributed by atoms with Crippen molar-refractivity contribution in [2.45, 2.75) is 142 Å². The Bertz CT molecular complexity index is 1610. The molecular weight excluding hydrogens is 741 g/mol. The van der Waals surface area contributed by atoms with E-state index in [1.807, 2.05) is 95.3 Å². The monoisotopic (exact) mass is 815 g/mol. The first-order valence-electron chi connectivity index (χ1n) is 22.5. The lowest BCUT2D eigenvalue weighted by molar-refractivity contribution is -0.135. The van der Waals surface area contributed by atoms with Crippen molar-refractivity contribution in [2.24, 2.45) is 17.3 Å². The second-order valence-corrected chi connectivity index (χ2v) is 18.4. The van der Waals surface area contributed by atoms with E-state index in [9.17, 15) is 24.0 Å². The molecule has 0 bridgehead atoms. The van der Waals surface area contributed by atoms with Gasteiger partial charge in [0.2, 0.25) is 23.6 Å². The number of rotatable bonds is 26. The van der Waals surface area contributed by atoms with Crippen LogP contribution in [0.3, 0.4) is 0 Å². The van der Waals surface area contributed by atoms with Gasteiger partial charge < -0.3 is 31.1 Å². The summed E-state index contributed by atoms with van der Waals surface area (Å²) in [6, 6.07) is 15.9. The third-order valence-electron chi connectivity index (χ3n) is 11.9. The van der Waals surface area contributed by atoms with E-state index < -0.39 is 47.3 Å². The van der Waals surface area contributed by atoms with E-state index in [0.29, 0.717) is 32.1 Å². The molecule has 2 aromatic carbocycles. The minimum atomic E-state index is -0.980. The van der Waals surface area contributed by atoms with E-state index in [1.54, 1.807) is 0 Å². The number of nitrogens with zero attached hydrogens (tertiary/aromatic N) is 2. The summed E-state index contributed by atoms with van der Waals surface area (Å²) in [7, 11) is 2.17. The fourth-order valence-electron chi connectivity index (χ4n) is 7.85. The number of carbonyl (C=O) groups excluding carboxylic acids is 5. The number of amides is 4. The van der Waals surface area contributed by atoms with Crippen molar-refractivity contribution >= 4 is 29.4 Å². The number of likely N-dealkylation sites (N-methyl/N-ethyl adjacent to an activating group) is 1. The zero-order valence-electron chi connectivity index (χ0n) is 36.9. The largest absolute Gasteiger partial charge is 0.344 e. The highest BCUT2D eigenvalue weighted by Crippen LogP contribution is 2.47. The SMILES string of the molecule is CC(C)C[C@H](NC(=O)[C@H](CCc1ccccc1)NC(=O)CCCCCCCN1CCN(C)CC1)C(=O)N[C@@H](Cc1ccccc1)C(=O)N[C@@H](CC(C)C)C(=O)C1(C)CC1. The lowest BCUT2D eigenvalue weighted by Gasteiger charge is -2.32. The molecule has 326 valence electrons. The van der Waals surface area contributed by atoms with E-state index in [2.05, 4.69) is 38.1 Å². The number of ketones is 1. The van der Waals surface area contributed by atoms with Gasteiger partial charge in [-0.1, -0.05) is 115 Å². The molecular formula is C48H74N6O5. The summed E-state index contributed by atoms with van der Waals surface area (Å²) in [5.41, 5.74) is 1.48. The van der Waals surface area contributed by atoms with Gasteiger partial charge in [-0.15, -0.1) is 0 Å². The van der Waals surface area contributed by atoms with Crippen molar-refractivity contribution in [1.82, 2.24) is 31.1 Å². The molecule has 2 aliphatic rings. The summed E-state index contributed by atoms with van der Waals surface area (Å²) in [5, 5.41) is 12.0. The fourth-order valence-corrected chi connectivity index (χ4v) is 7.85. The molecule has 0 unspecified atom stereocenters. The van der Waals surface area contributed by atoms with Crippen LogP contribution in [0.15, 0.2) is 60.7 Å². The summed E-state index contributed by atoms with van der Waals surface area (Å²) < 4.78 is 0. The van der Waals surface area contributed by atoms with E-state index >= 15 is 0 Å². The van der Waals surface area contributed by atoms with Gasteiger partial charge in [-0.3, -0.25) is 24.0 Å². The number of aryl methyl sites for hydroxylation is 1. The van der Waals surface area contributed by atoms with Crippen LogP contribution in [0, 0.1) is 17.3 Å². The molecule has 1 aliphatic heterocycles. The first-order valence-corrected chi connectivity index (χ1v) is 22.5. The van der Waals surface area contributed by atoms with Crippen LogP contribution in [-0.4, -0.2) is 103 Å². The van der Waals surface area contributed by atoms with Crippen LogP contribution in [0.5, 0.6) is 0 Å². The molecule has 2 aromatic rings. The van der Waals surface area contributed by atoms with E-state index in [1.165, 1.54) is 0 Å². The van der Waals surface area contributed by atoms with Crippen molar-refractivity contribution < 1.29 is 24.0 Å². The molecule has 2 fully saturated rings. The number of hydrogen-bond acceptors (Lipinski definition) is 7. The highest BCUT2D eigenvalue weighted by Gasteiger charge is 2.48. The van der Waals surface area contributed by atoms with Gasteiger partial charge in [0.15, 0.2) is 5.78 Å². The van der Waals surface area contributed by atoms with Gasteiger partial charge in [0, 0.05) is 44.4 Å². The Morgan fingerprint density at radius 3 is 1.73 bits per heavy atom. The Morgan fingerprint density at radius 2 is 1.12 bits per heavy atom. The minimum Gasteiger partial charge on any atom is -0.344 e. The molecule has 59 heavy (non-hydrogen) atoms. The number of carbonyl (C=O) groups is 5. The molecule has 1 heterocycles. The van der Waals surface area contributed by atoms with Crippen LogP contribution in [0.4, 0.5) is 0 Å². The standard InChI is InChI=1S/C48H74N6O5/c1-35(2)32-40(44(56)48(5)25-26-48)50-47(59)42(34-38-20-14-11-15-21-38)52-46(58)41(33-36(3)4)51-45(57)39(24-23-37-18-12-10-13-19-37)49-43(55)22-16-8-7-9-17-27-54-30-28-53(6)29-31-54/h10-15,18-21,35-36,39-42H,7-9,16-17,22-34H2,1-6H3,(H,49,55)(H,50,59)(H,51,57)(H,52,58)/t39-,40-,41-,42-/m0/s1. The highest BCUT2D eigenvalue weighted by molar-refractivity contribution is 5.97. The van der Waals surface area contributed by atoms with Gasteiger partial charge in [-0.2, -0.15) is 0 Å². The maximum absolute atomic E-state index is 14.2. The third kappa shape index (κ3) is 17.2. The molecule has 4 N–H and O–H groups in total. The molecule has 0 radical (unpaired) electrons. The molecule has 0 spiro atoms. The van der Waals surface area contributed by atoms with Gasteiger partial charge in [0.1, 0.15) is 18.1 Å². The van der Waals surface area contributed by atoms with Crippen LogP contribution in [0.2, 0.25) is 0 Å². The summed E-state index contributed by atoms with van der Waals surface area (Å²) in [6.45, 7) is 15.6. The molecule has 4 amide bonds. The van der Waals surface area contributed by atoms with Crippen molar-refractivity contribution in [3.05, 3.63) is 71.8 Å². The van der Waals surface area contributed by atoms with Crippen molar-refractivity contribution in [1.29, 1.82) is 0 Å². The van der Waals surface area contributed by atoms with Gasteiger partial charge in [0.25, 0.3) is 0 Å². The fraction of sp³-hybridized carbons (Fsp3) is 0.646. The zero-order chi connectivity index (χ0) is 42.8. The summed E-state index contributed by atoms with van der Waals surface area (Å²) in [4.78, 5) is 74.1. The van der Waals surface area contributed by atoms with Gasteiger partial charge in [-0.25, -0.2) is 0 Å². The van der Waals surface area contributed by atoms with Crippen LogP contribution < -0.4 is 21.3 Å². The quantitative estimate of drug-likeness (QED) is 0.0875. The van der Waals surface area contributed by atoms with Crippen LogP contribution >= 0.6 is 0 Å². The highest BCUT2D eigenvalue weighted by atomic mass is 16.2. The number of Topliss-reactive ketones (excluding diaryl/α,β-unsaturated/α-hetero) is 1. The average molecular weight is 815 g/mol.